The van der Waals surface area contributed by atoms with Gasteiger partial charge in [-0.3, -0.25) is 24.6 Å². The van der Waals surface area contributed by atoms with E-state index < -0.39 is 4.92 Å². The Morgan fingerprint density at radius 2 is 1.47 bits per heavy atom. The number of hydrogen-bond acceptors (Lipinski definition) is 5. The molecular formula is C25H16N2O4S. The minimum Gasteiger partial charge on any atom is -0.268 e. The predicted molar refractivity (Wildman–Crippen MR) is 126 cm³/mol. The molecule has 1 fully saturated rings. The van der Waals surface area contributed by atoms with E-state index in [1.807, 2.05) is 48.5 Å². The Balaban J connectivity index is 1.52. The van der Waals surface area contributed by atoms with Gasteiger partial charge < -0.3 is 0 Å². The number of benzene rings is 4. The van der Waals surface area contributed by atoms with E-state index in [-0.39, 0.29) is 23.4 Å². The highest BCUT2D eigenvalue weighted by atomic mass is 32.2. The lowest BCUT2D eigenvalue weighted by Gasteiger charge is -2.12. The van der Waals surface area contributed by atoms with Gasteiger partial charge in [0, 0.05) is 12.1 Å². The van der Waals surface area contributed by atoms with Gasteiger partial charge in [-0.05, 0) is 56.6 Å². The number of amides is 2. The smallest absolute Gasteiger partial charge is 0.268 e. The number of nitro benzene ring substituents is 1. The van der Waals surface area contributed by atoms with E-state index in [4.69, 9.17) is 0 Å². The van der Waals surface area contributed by atoms with Crippen LogP contribution < -0.4 is 0 Å². The Morgan fingerprint density at radius 1 is 0.875 bits per heavy atom. The minimum atomic E-state index is -0.485. The fraction of sp³-hybridized carbons (Fsp3) is 0.0400. The Labute approximate surface area is 187 Å². The summed E-state index contributed by atoms with van der Waals surface area (Å²) in [6.45, 7) is 0.0658. The number of non-ortho nitro benzene ring substituents is 1. The Bertz CT molecular complexity index is 1390. The van der Waals surface area contributed by atoms with Crippen molar-refractivity contribution >= 4 is 56.2 Å². The Hall–Kier alpha value is -3.97. The zero-order valence-electron chi connectivity index (χ0n) is 16.7. The molecule has 0 saturated carbocycles. The molecule has 7 heteroatoms. The molecule has 4 aromatic carbocycles. The fourth-order valence-corrected chi connectivity index (χ4v) is 4.70. The molecule has 5 rings (SSSR count). The standard InChI is InChI=1S/C25H16N2O4S/c28-24-23(32-25(29)26(24)15-16-9-11-19(12-10-16)27(30)31)14-22-20-7-3-1-5-17(20)13-18-6-2-4-8-21(18)22/h1-14H,15H2. The van der Waals surface area contributed by atoms with Gasteiger partial charge in [0.15, 0.2) is 0 Å². The van der Waals surface area contributed by atoms with Crippen molar-refractivity contribution < 1.29 is 14.5 Å². The maximum Gasteiger partial charge on any atom is 0.293 e. The maximum atomic E-state index is 13.1. The van der Waals surface area contributed by atoms with Crippen LogP contribution in [0.3, 0.4) is 0 Å². The molecule has 1 saturated heterocycles. The second kappa shape index (κ2) is 7.94. The highest BCUT2D eigenvalue weighted by Crippen LogP contribution is 2.37. The minimum absolute atomic E-state index is 0.0365. The van der Waals surface area contributed by atoms with E-state index in [0.717, 1.165) is 38.9 Å². The third kappa shape index (κ3) is 3.52. The molecule has 1 heterocycles. The summed E-state index contributed by atoms with van der Waals surface area (Å²) in [5, 5.41) is 14.6. The zero-order valence-corrected chi connectivity index (χ0v) is 17.5. The van der Waals surface area contributed by atoms with Crippen LogP contribution in [0.4, 0.5) is 10.5 Å². The van der Waals surface area contributed by atoms with Crippen LogP contribution in [-0.4, -0.2) is 21.0 Å². The van der Waals surface area contributed by atoms with Crippen molar-refractivity contribution in [3.8, 4) is 0 Å². The summed E-state index contributed by atoms with van der Waals surface area (Å²) in [4.78, 5) is 37.6. The topological polar surface area (TPSA) is 80.5 Å². The van der Waals surface area contributed by atoms with Crippen molar-refractivity contribution in [1.29, 1.82) is 0 Å². The van der Waals surface area contributed by atoms with Crippen LogP contribution in [0, 0.1) is 10.1 Å². The van der Waals surface area contributed by atoms with Gasteiger partial charge in [0.25, 0.3) is 16.8 Å². The van der Waals surface area contributed by atoms with E-state index >= 15 is 0 Å². The highest BCUT2D eigenvalue weighted by molar-refractivity contribution is 8.18. The summed E-state index contributed by atoms with van der Waals surface area (Å²) in [7, 11) is 0. The quantitative estimate of drug-likeness (QED) is 0.165. The molecule has 1 aliphatic heterocycles. The summed E-state index contributed by atoms with van der Waals surface area (Å²) in [6.07, 6.45) is 1.80. The summed E-state index contributed by atoms with van der Waals surface area (Å²) in [6, 6.07) is 23.9. The Morgan fingerprint density at radius 3 is 2.06 bits per heavy atom. The van der Waals surface area contributed by atoms with Crippen molar-refractivity contribution in [2.45, 2.75) is 6.54 Å². The van der Waals surface area contributed by atoms with Crippen molar-refractivity contribution in [2.24, 2.45) is 0 Å². The summed E-state index contributed by atoms with van der Waals surface area (Å²) in [5.41, 5.74) is 1.51. The van der Waals surface area contributed by atoms with Gasteiger partial charge >= 0.3 is 0 Å². The molecule has 0 aliphatic carbocycles. The molecule has 1 aliphatic rings. The van der Waals surface area contributed by atoms with Gasteiger partial charge in [-0.15, -0.1) is 0 Å². The number of rotatable bonds is 4. The average molecular weight is 440 g/mol. The molecule has 0 unspecified atom stereocenters. The zero-order chi connectivity index (χ0) is 22.2. The maximum absolute atomic E-state index is 13.1. The third-order valence-corrected chi connectivity index (χ3v) is 6.36. The van der Waals surface area contributed by atoms with E-state index in [1.54, 1.807) is 18.2 Å². The number of fused-ring (bicyclic) bond motifs is 2. The van der Waals surface area contributed by atoms with Crippen molar-refractivity contribution in [3.63, 3.8) is 0 Å². The fourth-order valence-electron chi connectivity index (χ4n) is 3.88. The average Bonchev–Trinajstić information content (AvgIpc) is 3.06. The van der Waals surface area contributed by atoms with E-state index in [1.165, 1.54) is 17.0 Å². The van der Waals surface area contributed by atoms with Crippen LogP contribution in [0.25, 0.3) is 27.6 Å². The predicted octanol–water partition coefficient (Wildman–Crippen LogP) is 6.14. The van der Waals surface area contributed by atoms with Crippen LogP contribution in [0.1, 0.15) is 11.1 Å². The number of imide groups is 1. The first-order chi connectivity index (χ1) is 15.5. The molecule has 0 atom stereocenters. The lowest BCUT2D eigenvalue weighted by Crippen LogP contribution is -2.27. The van der Waals surface area contributed by atoms with Gasteiger partial charge in [0.05, 0.1) is 16.4 Å². The molecule has 0 N–H and O–H groups in total. The highest BCUT2D eigenvalue weighted by Gasteiger charge is 2.35. The first kappa shape index (κ1) is 20.0. The summed E-state index contributed by atoms with van der Waals surface area (Å²) < 4.78 is 0. The van der Waals surface area contributed by atoms with Gasteiger partial charge in [-0.2, -0.15) is 0 Å². The number of carbonyl (C=O) groups excluding carboxylic acids is 2. The van der Waals surface area contributed by atoms with Gasteiger partial charge in [-0.1, -0.05) is 60.7 Å². The second-order valence-corrected chi connectivity index (χ2v) is 8.42. The Kier molecular flexibility index (Phi) is 4.95. The molecule has 0 bridgehead atoms. The first-order valence-corrected chi connectivity index (χ1v) is 10.7. The molecule has 2 amide bonds. The normalized spacial score (nSPS) is 15.2. The number of carbonyl (C=O) groups is 2. The third-order valence-electron chi connectivity index (χ3n) is 5.45. The molecule has 6 nitrogen and oxygen atoms in total. The molecule has 156 valence electrons. The summed E-state index contributed by atoms with van der Waals surface area (Å²) in [5.74, 6) is -0.365. The number of thioether (sulfide) groups is 1. The van der Waals surface area contributed by atoms with E-state index in [0.29, 0.717) is 10.5 Å². The molecule has 0 spiro atoms. The SMILES string of the molecule is O=C1SC(=Cc2c3ccccc3cc3ccccc23)C(=O)N1Cc1ccc([N+](=O)[O-])cc1. The van der Waals surface area contributed by atoms with Gasteiger partial charge in [-0.25, -0.2) is 0 Å². The van der Waals surface area contributed by atoms with Crippen LogP contribution in [-0.2, 0) is 11.3 Å². The van der Waals surface area contributed by atoms with Crippen molar-refractivity contribution in [2.75, 3.05) is 0 Å². The van der Waals surface area contributed by atoms with E-state index in [9.17, 15) is 19.7 Å². The largest absolute Gasteiger partial charge is 0.293 e. The van der Waals surface area contributed by atoms with Crippen molar-refractivity contribution in [3.05, 3.63) is 105 Å². The van der Waals surface area contributed by atoms with Crippen LogP contribution in [0.15, 0.2) is 83.8 Å². The lowest BCUT2D eigenvalue weighted by molar-refractivity contribution is -0.384. The molecule has 4 aromatic rings. The molecule has 32 heavy (non-hydrogen) atoms. The molecule has 0 radical (unpaired) electrons. The van der Waals surface area contributed by atoms with Crippen LogP contribution in [0.2, 0.25) is 0 Å². The van der Waals surface area contributed by atoms with E-state index in [2.05, 4.69) is 6.07 Å². The first-order valence-electron chi connectivity index (χ1n) is 9.90. The van der Waals surface area contributed by atoms with Crippen molar-refractivity contribution in [1.82, 2.24) is 4.90 Å². The monoisotopic (exact) mass is 440 g/mol. The molecule has 0 aromatic heterocycles. The second-order valence-electron chi connectivity index (χ2n) is 7.42. The van der Waals surface area contributed by atoms with Gasteiger partial charge in [0.2, 0.25) is 0 Å². The van der Waals surface area contributed by atoms with Gasteiger partial charge in [0.1, 0.15) is 0 Å². The lowest BCUT2D eigenvalue weighted by atomic mass is 9.96. The summed E-state index contributed by atoms with van der Waals surface area (Å²) >= 11 is 0.911. The van der Waals surface area contributed by atoms with Crippen LogP contribution >= 0.6 is 11.8 Å². The number of nitrogens with zero attached hydrogens (tertiary/aromatic N) is 2. The molecular weight excluding hydrogens is 424 g/mol. The number of hydrogen-bond donors (Lipinski definition) is 0. The number of nitro groups is 1. The van der Waals surface area contributed by atoms with Crippen LogP contribution in [0.5, 0.6) is 0 Å².